The Bertz CT molecular complexity index is 436. The zero-order valence-electron chi connectivity index (χ0n) is 12.0. The van der Waals surface area contributed by atoms with Gasteiger partial charge in [-0.05, 0) is 39.3 Å². The molecule has 0 N–H and O–H groups in total. The molecule has 2 fully saturated rings. The molecule has 0 bridgehead atoms. The zero-order chi connectivity index (χ0) is 13.4. The van der Waals surface area contributed by atoms with Crippen molar-refractivity contribution in [1.82, 2.24) is 9.34 Å². The van der Waals surface area contributed by atoms with E-state index in [0.29, 0.717) is 0 Å². The molecule has 4 heteroatoms. The summed E-state index contributed by atoms with van der Waals surface area (Å²) in [6.45, 7) is 0. The Morgan fingerprint density at radius 2 is 1.63 bits per heavy atom. The smallest absolute Gasteiger partial charge is 0.0737 e. The van der Waals surface area contributed by atoms with E-state index in [1.54, 1.807) is 5.30 Å². The largest absolute Gasteiger partial charge is 0.265 e. The summed E-state index contributed by atoms with van der Waals surface area (Å²) >= 11 is 1.88. The first-order valence-electron chi connectivity index (χ1n) is 7.12. The van der Waals surface area contributed by atoms with Crippen LogP contribution in [0.15, 0.2) is 29.2 Å². The second-order valence-corrected chi connectivity index (χ2v) is 8.70. The van der Waals surface area contributed by atoms with Gasteiger partial charge in [0.25, 0.3) is 0 Å². The maximum Gasteiger partial charge on any atom is 0.0737 e. The number of thioether (sulfide) groups is 1. The second-order valence-electron chi connectivity index (χ2n) is 5.53. The minimum atomic E-state index is -0.294. The predicted molar refractivity (Wildman–Crippen MR) is 86.3 cm³/mol. The number of benzene rings is 1. The molecule has 104 valence electrons. The molecule has 1 aromatic rings. The van der Waals surface area contributed by atoms with Crippen molar-refractivity contribution in [3.05, 3.63) is 24.3 Å². The number of fused-ring (bicyclic) bond motifs is 1. The first kappa shape index (κ1) is 13.9. The van der Waals surface area contributed by atoms with Crippen molar-refractivity contribution in [2.24, 2.45) is 0 Å². The molecule has 0 spiro atoms. The van der Waals surface area contributed by atoms with Gasteiger partial charge in [0.2, 0.25) is 0 Å². The molecule has 2 nitrogen and oxygen atoms in total. The molecule has 1 saturated carbocycles. The van der Waals surface area contributed by atoms with E-state index in [1.165, 1.54) is 30.6 Å². The van der Waals surface area contributed by atoms with Crippen molar-refractivity contribution < 1.29 is 0 Å². The first-order valence-corrected chi connectivity index (χ1v) is 9.60. The van der Waals surface area contributed by atoms with Crippen molar-refractivity contribution in [2.75, 3.05) is 20.4 Å². The van der Waals surface area contributed by atoms with Crippen LogP contribution in [0.5, 0.6) is 0 Å². The van der Waals surface area contributed by atoms with Gasteiger partial charge in [-0.2, -0.15) is 0 Å². The Kier molecular flexibility index (Phi) is 4.19. The lowest BCUT2D eigenvalue weighted by Crippen LogP contribution is -2.37. The summed E-state index contributed by atoms with van der Waals surface area (Å²) in [6.07, 6.45) is 7.77. The molecule has 1 saturated heterocycles. The summed E-state index contributed by atoms with van der Waals surface area (Å²) in [5, 5.41) is 1.55. The molecule has 0 unspecified atom stereocenters. The van der Waals surface area contributed by atoms with E-state index < -0.39 is 0 Å². The third kappa shape index (κ3) is 2.35. The third-order valence-electron chi connectivity index (χ3n) is 4.55. The lowest BCUT2D eigenvalue weighted by Gasteiger charge is -2.29. The lowest BCUT2D eigenvalue weighted by molar-refractivity contribution is 0.233. The number of nitrogens with zero attached hydrogens (tertiary/aromatic N) is 2. The highest BCUT2D eigenvalue weighted by atomic mass is 32.2. The molecule has 3 rings (SSSR count). The van der Waals surface area contributed by atoms with Gasteiger partial charge in [0.15, 0.2) is 0 Å². The molecule has 0 aromatic heterocycles. The maximum atomic E-state index is 2.67. The van der Waals surface area contributed by atoms with Crippen molar-refractivity contribution in [3.63, 3.8) is 0 Å². The van der Waals surface area contributed by atoms with E-state index in [-0.39, 0.29) is 8.22 Å². The molecule has 2 atom stereocenters. The third-order valence-corrected chi connectivity index (χ3v) is 8.11. The Hall–Kier alpha value is -0.0800. The Labute approximate surface area is 122 Å². The Morgan fingerprint density at radius 1 is 1.05 bits per heavy atom. The van der Waals surface area contributed by atoms with Crippen molar-refractivity contribution >= 4 is 25.3 Å². The van der Waals surface area contributed by atoms with Crippen LogP contribution in [0.25, 0.3) is 0 Å². The summed E-state index contributed by atoms with van der Waals surface area (Å²) in [4.78, 5) is 1.45. The number of rotatable bonds is 2. The average molecular weight is 294 g/mol. The van der Waals surface area contributed by atoms with Gasteiger partial charge < -0.3 is 0 Å². The standard InChI is InChI=1S/C15H23N2PS/c1-16-12-8-4-5-9-13(12)17(2)18(16)14-10-6-7-11-15(14)19-3/h6-7,10-13H,4-5,8-9H2,1-3H3/t12-,13-/m1/s1. The molecule has 0 amide bonds. The van der Waals surface area contributed by atoms with Gasteiger partial charge in [0.05, 0.1) is 8.22 Å². The van der Waals surface area contributed by atoms with Crippen molar-refractivity contribution in [2.45, 2.75) is 42.7 Å². The highest BCUT2D eigenvalue weighted by molar-refractivity contribution is 7.99. The van der Waals surface area contributed by atoms with E-state index in [0.717, 1.165) is 12.1 Å². The van der Waals surface area contributed by atoms with Crippen LogP contribution >= 0.6 is 20.0 Å². The van der Waals surface area contributed by atoms with E-state index >= 15 is 0 Å². The summed E-state index contributed by atoms with van der Waals surface area (Å²) in [5.74, 6) is 0. The Balaban J connectivity index is 1.95. The molecule has 19 heavy (non-hydrogen) atoms. The monoisotopic (exact) mass is 294 g/mol. The summed E-state index contributed by atoms with van der Waals surface area (Å²) in [7, 11) is 4.39. The van der Waals surface area contributed by atoms with Gasteiger partial charge in [-0.1, -0.05) is 31.0 Å². The van der Waals surface area contributed by atoms with Crippen LogP contribution in [0.3, 0.4) is 0 Å². The number of likely N-dealkylation sites (N-methyl/N-ethyl adjacent to an activating group) is 2. The summed E-state index contributed by atoms with van der Waals surface area (Å²) in [6, 6.07) is 10.5. The second kappa shape index (κ2) is 5.73. The normalized spacial score (nSPS) is 29.6. The summed E-state index contributed by atoms with van der Waals surface area (Å²) in [5.41, 5.74) is 0. The van der Waals surface area contributed by atoms with Crippen molar-refractivity contribution in [1.29, 1.82) is 0 Å². The van der Waals surface area contributed by atoms with Gasteiger partial charge >= 0.3 is 0 Å². The molecule has 0 radical (unpaired) electrons. The van der Waals surface area contributed by atoms with Crippen LogP contribution in [0.2, 0.25) is 0 Å². The highest BCUT2D eigenvalue weighted by Crippen LogP contribution is 2.55. The van der Waals surface area contributed by atoms with E-state index in [1.807, 2.05) is 11.8 Å². The van der Waals surface area contributed by atoms with Crippen molar-refractivity contribution in [3.8, 4) is 0 Å². The Morgan fingerprint density at radius 3 is 2.21 bits per heavy atom. The molecular formula is C15H23N2PS. The molecule has 2 aliphatic rings. The fraction of sp³-hybridized carbons (Fsp3) is 0.600. The van der Waals surface area contributed by atoms with E-state index in [9.17, 15) is 0 Å². The lowest BCUT2D eigenvalue weighted by atomic mass is 9.91. The van der Waals surface area contributed by atoms with Crippen LogP contribution < -0.4 is 5.30 Å². The molecular weight excluding hydrogens is 271 g/mol. The predicted octanol–water partition coefficient (Wildman–Crippen LogP) is 3.53. The minimum absolute atomic E-state index is 0.294. The number of hydrogen-bond donors (Lipinski definition) is 0. The molecule has 1 aromatic carbocycles. The van der Waals surface area contributed by atoms with Crippen LogP contribution in [0.4, 0.5) is 0 Å². The van der Waals surface area contributed by atoms with Gasteiger partial charge in [-0.3, -0.25) is 9.34 Å². The highest BCUT2D eigenvalue weighted by Gasteiger charge is 2.45. The number of hydrogen-bond acceptors (Lipinski definition) is 3. The summed E-state index contributed by atoms with van der Waals surface area (Å²) < 4.78 is 5.35. The topological polar surface area (TPSA) is 6.48 Å². The fourth-order valence-electron chi connectivity index (χ4n) is 3.60. The average Bonchev–Trinajstić information content (AvgIpc) is 2.71. The first-order chi connectivity index (χ1) is 9.24. The molecule has 1 heterocycles. The van der Waals surface area contributed by atoms with Crippen LogP contribution in [0.1, 0.15) is 25.7 Å². The van der Waals surface area contributed by atoms with Gasteiger partial charge in [0, 0.05) is 22.3 Å². The quantitative estimate of drug-likeness (QED) is 0.608. The maximum absolute atomic E-state index is 2.67. The molecule has 1 aliphatic carbocycles. The van der Waals surface area contributed by atoms with Crippen LogP contribution in [0, 0.1) is 0 Å². The van der Waals surface area contributed by atoms with Crippen LogP contribution in [-0.4, -0.2) is 41.8 Å². The molecule has 1 aliphatic heterocycles. The van der Waals surface area contributed by atoms with Gasteiger partial charge in [0.1, 0.15) is 0 Å². The minimum Gasteiger partial charge on any atom is -0.265 e. The van der Waals surface area contributed by atoms with E-state index in [2.05, 4.69) is 54.0 Å². The SMILES string of the molecule is CSc1ccccc1P1N(C)[C@@H]2CCCC[C@H]2N1C. The zero-order valence-corrected chi connectivity index (χ0v) is 13.8. The van der Waals surface area contributed by atoms with Crippen LogP contribution in [-0.2, 0) is 0 Å². The van der Waals surface area contributed by atoms with Gasteiger partial charge in [-0.15, -0.1) is 11.8 Å². The van der Waals surface area contributed by atoms with Gasteiger partial charge in [-0.25, -0.2) is 0 Å². The van der Waals surface area contributed by atoms with E-state index in [4.69, 9.17) is 0 Å². The fourth-order valence-corrected chi connectivity index (χ4v) is 7.33.